The zero-order valence-corrected chi connectivity index (χ0v) is 12.4. The molecule has 1 fully saturated rings. The van der Waals surface area contributed by atoms with E-state index in [0.29, 0.717) is 19.8 Å². The number of carbonyl (C=O) groups is 1. The molecule has 19 heavy (non-hydrogen) atoms. The fourth-order valence-electron chi connectivity index (χ4n) is 2.43. The molecule has 0 aromatic carbocycles. The van der Waals surface area contributed by atoms with Crippen LogP contribution in [0.5, 0.6) is 0 Å². The number of carbonyl (C=O) groups excluding carboxylic acids is 1. The van der Waals surface area contributed by atoms with Gasteiger partial charge in [0.05, 0.1) is 12.6 Å². The van der Waals surface area contributed by atoms with E-state index in [-0.39, 0.29) is 18.1 Å². The number of thiophene rings is 1. The quantitative estimate of drug-likeness (QED) is 0.781. The molecule has 1 saturated heterocycles. The summed E-state index contributed by atoms with van der Waals surface area (Å²) >= 11 is 1.66. The maximum Gasteiger partial charge on any atom is 0.241 e. The van der Waals surface area contributed by atoms with E-state index in [9.17, 15) is 4.79 Å². The van der Waals surface area contributed by atoms with Crippen LogP contribution in [0.4, 0.5) is 0 Å². The Kier molecular flexibility index (Phi) is 5.36. The molecule has 0 bridgehead atoms. The molecule has 1 aliphatic rings. The molecule has 1 N–H and O–H groups in total. The molecular formula is C14H22N2O2S. The summed E-state index contributed by atoms with van der Waals surface area (Å²) in [5.41, 5.74) is 1.17. The highest BCUT2D eigenvalue weighted by Gasteiger charge is 2.38. The minimum Gasteiger partial charge on any atom is -0.380 e. The van der Waals surface area contributed by atoms with Crippen LogP contribution in [0.1, 0.15) is 38.4 Å². The molecule has 1 aromatic rings. The van der Waals surface area contributed by atoms with Gasteiger partial charge in [-0.05, 0) is 35.7 Å². The first kappa shape index (κ1) is 14.5. The first-order chi connectivity index (χ1) is 9.27. The second kappa shape index (κ2) is 7.03. The highest BCUT2D eigenvalue weighted by molar-refractivity contribution is 7.07. The van der Waals surface area contributed by atoms with Gasteiger partial charge in [0, 0.05) is 13.2 Å². The normalized spacial score (nSPS) is 23.3. The lowest BCUT2D eigenvalue weighted by Gasteiger charge is -2.23. The third-order valence-corrected chi connectivity index (χ3v) is 4.07. The standard InChI is InChI=1S/C14H22N2O2S/c1-3-5-12-14(17)16(7-8-18-4-2)13(15-12)11-6-9-19-10-11/h6,9-10,12-13,15H,3-5,7-8H2,1-2H3. The van der Waals surface area contributed by atoms with Crippen LogP contribution in [-0.4, -0.2) is 36.6 Å². The van der Waals surface area contributed by atoms with Gasteiger partial charge in [0.15, 0.2) is 0 Å². The highest BCUT2D eigenvalue weighted by atomic mass is 32.1. The predicted octanol–water partition coefficient (Wildman–Crippen LogP) is 2.38. The largest absolute Gasteiger partial charge is 0.380 e. The van der Waals surface area contributed by atoms with Crippen LogP contribution >= 0.6 is 11.3 Å². The van der Waals surface area contributed by atoms with E-state index in [0.717, 1.165) is 12.8 Å². The molecule has 0 saturated carbocycles. The van der Waals surface area contributed by atoms with Crippen molar-refractivity contribution < 1.29 is 9.53 Å². The van der Waals surface area contributed by atoms with Crippen LogP contribution in [0.2, 0.25) is 0 Å². The number of hydrogen-bond acceptors (Lipinski definition) is 4. The van der Waals surface area contributed by atoms with Gasteiger partial charge in [-0.3, -0.25) is 10.1 Å². The highest BCUT2D eigenvalue weighted by Crippen LogP contribution is 2.28. The van der Waals surface area contributed by atoms with Gasteiger partial charge in [0.1, 0.15) is 6.17 Å². The fraction of sp³-hybridized carbons (Fsp3) is 0.643. The van der Waals surface area contributed by atoms with E-state index >= 15 is 0 Å². The van der Waals surface area contributed by atoms with E-state index < -0.39 is 0 Å². The summed E-state index contributed by atoms with van der Waals surface area (Å²) in [5, 5.41) is 7.60. The van der Waals surface area contributed by atoms with Gasteiger partial charge >= 0.3 is 0 Å². The lowest BCUT2D eigenvalue weighted by atomic mass is 10.2. The lowest BCUT2D eigenvalue weighted by molar-refractivity contribution is -0.131. The smallest absolute Gasteiger partial charge is 0.241 e. The zero-order valence-electron chi connectivity index (χ0n) is 11.6. The van der Waals surface area contributed by atoms with E-state index in [1.54, 1.807) is 11.3 Å². The summed E-state index contributed by atoms with van der Waals surface area (Å²) in [6.45, 7) is 6.03. The molecule has 106 valence electrons. The molecule has 0 aliphatic carbocycles. The zero-order chi connectivity index (χ0) is 13.7. The van der Waals surface area contributed by atoms with E-state index in [2.05, 4.69) is 29.1 Å². The molecule has 2 heterocycles. The first-order valence-corrected chi connectivity index (χ1v) is 7.88. The van der Waals surface area contributed by atoms with Crippen LogP contribution in [0.3, 0.4) is 0 Å². The molecular weight excluding hydrogens is 260 g/mol. The average Bonchev–Trinajstić information content (AvgIpc) is 3.02. The Balaban J connectivity index is 2.07. The lowest BCUT2D eigenvalue weighted by Crippen LogP contribution is -2.33. The Morgan fingerprint density at radius 3 is 2.95 bits per heavy atom. The number of ether oxygens (including phenoxy) is 1. The molecule has 2 atom stereocenters. The Morgan fingerprint density at radius 1 is 1.47 bits per heavy atom. The van der Waals surface area contributed by atoms with Crippen molar-refractivity contribution in [3.8, 4) is 0 Å². The SMILES string of the molecule is CCCC1NC(c2ccsc2)N(CCOCC)C1=O. The number of amides is 1. The Bertz CT molecular complexity index is 394. The topological polar surface area (TPSA) is 41.6 Å². The van der Waals surface area contributed by atoms with Gasteiger partial charge in [0.2, 0.25) is 5.91 Å². The predicted molar refractivity (Wildman–Crippen MR) is 77.1 cm³/mol. The van der Waals surface area contributed by atoms with Crippen molar-refractivity contribution in [1.82, 2.24) is 10.2 Å². The molecule has 1 aliphatic heterocycles. The number of hydrogen-bond donors (Lipinski definition) is 1. The minimum atomic E-state index is -0.0449. The van der Waals surface area contributed by atoms with E-state index in [1.807, 2.05) is 11.8 Å². The van der Waals surface area contributed by atoms with Gasteiger partial charge in [-0.2, -0.15) is 11.3 Å². The molecule has 0 spiro atoms. The van der Waals surface area contributed by atoms with Crippen molar-refractivity contribution in [2.75, 3.05) is 19.8 Å². The van der Waals surface area contributed by atoms with Crippen LogP contribution in [-0.2, 0) is 9.53 Å². The first-order valence-electron chi connectivity index (χ1n) is 6.94. The van der Waals surface area contributed by atoms with Crippen molar-refractivity contribution in [3.63, 3.8) is 0 Å². The Morgan fingerprint density at radius 2 is 2.32 bits per heavy atom. The van der Waals surface area contributed by atoms with Gasteiger partial charge in [-0.15, -0.1) is 0 Å². The van der Waals surface area contributed by atoms with E-state index in [4.69, 9.17) is 4.74 Å². The van der Waals surface area contributed by atoms with Crippen LogP contribution in [0.25, 0.3) is 0 Å². The van der Waals surface area contributed by atoms with Crippen LogP contribution < -0.4 is 5.32 Å². The fourth-order valence-corrected chi connectivity index (χ4v) is 3.11. The summed E-state index contributed by atoms with van der Waals surface area (Å²) in [6, 6.07) is 2.04. The third-order valence-electron chi connectivity index (χ3n) is 3.37. The van der Waals surface area contributed by atoms with E-state index in [1.165, 1.54) is 5.56 Å². The molecule has 2 rings (SSSR count). The number of nitrogens with zero attached hydrogens (tertiary/aromatic N) is 1. The number of rotatable bonds is 7. The Labute approximate surface area is 118 Å². The van der Waals surface area contributed by atoms with Gasteiger partial charge in [-0.25, -0.2) is 0 Å². The van der Waals surface area contributed by atoms with Gasteiger partial charge in [-0.1, -0.05) is 13.3 Å². The summed E-state index contributed by atoms with van der Waals surface area (Å²) in [4.78, 5) is 14.3. The van der Waals surface area contributed by atoms with Crippen molar-refractivity contribution in [1.29, 1.82) is 0 Å². The monoisotopic (exact) mass is 282 g/mol. The summed E-state index contributed by atoms with van der Waals surface area (Å²) in [6.07, 6.45) is 1.92. The molecule has 1 amide bonds. The van der Waals surface area contributed by atoms with Crippen LogP contribution in [0, 0.1) is 0 Å². The molecule has 5 heteroatoms. The molecule has 1 aromatic heterocycles. The van der Waals surface area contributed by atoms with Gasteiger partial charge in [0.25, 0.3) is 0 Å². The summed E-state index contributed by atoms with van der Waals surface area (Å²) in [7, 11) is 0. The van der Waals surface area contributed by atoms with Gasteiger partial charge < -0.3 is 9.64 Å². The maximum absolute atomic E-state index is 12.4. The minimum absolute atomic E-state index is 0.00996. The second-order valence-corrected chi connectivity index (χ2v) is 5.48. The summed E-state index contributed by atoms with van der Waals surface area (Å²) < 4.78 is 5.39. The molecule has 4 nitrogen and oxygen atoms in total. The Hall–Kier alpha value is -0.910. The average molecular weight is 282 g/mol. The van der Waals surface area contributed by atoms with Crippen molar-refractivity contribution in [2.24, 2.45) is 0 Å². The van der Waals surface area contributed by atoms with Crippen molar-refractivity contribution in [3.05, 3.63) is 22.4 Å². The maximum atomic E-state index is 12.4. The van der Waals surface area contributed by atoms with Crippen LogP contribution in [0.15, 0.2) is 16.8 Å². The number of nitrogens with one attached hydrogen (secondary N) is 1. The van der Waals surface area contributed by atoms with Crippen molar-refractivity contribution >= 4 is 17.2 Å². The molecule has 0 radical (unpaired) electrons. The molecule has 2 unspecified atom stereocenters. The second-order valence-electron chi connectivity index (χ2n) is 4.70. The third kappa shape index (κ3) is 3.35. The summed E-state index contributed by atoms with van der Waals surface area (Å²) in [5.74, 6) is 0.206. The van der Waals surface area contributed by atoms with Crippen molar-refractivity contribution in [2.45, 2.75) is 38.9 Å².